The first kappa shape index (κ1) is 9.80. The summed E-state index contributed by atoms with van der Waals surface area (Å²) in [4.78, 5) is 3.97. The summed E-state index contributed by atoms with van der Waals surface area (Å²) in [5.41, 5.74) is 0. The number of aromatic hydroxyl groups is 1. The quantitative estimate of drug-likeness (QED) is 0.847. The van der Waals surface area contributed by atoms with Crippen LogP contribution < -0.4 is 4.74 Å². The minimum Gasteiger partial charge on any atom is -0.504 e. The standard InChI is InChI=1S/C11H8ClNO2/c12-8-4-5-9(14)10(7-8)15-11-3-1-2-6-13-11/h1-7,14H. The molecule has 0 atom stereocenters. The molecule has 1 heterocycles. The van der Waals surface area contributed by atoms with Crippen LogP contribution in [0, 0.1) is 0 Å². The van der Waals surface area contributed by atoms with E-state index < -0.39 is 0 Å². The van der Waals surface area contributed by atoms with Crippen LogP contribution in [0.4, 0.5) is 0 Å². The summed E-state index contributed by atoms with van der Waals surface area (Å²) in [6, 6.07) is 9.86. The molecular formula is C11H8ClNO2. The van der Waals surface area contributed by atoms with Crippen molar-refractivity contribution in [3.8, 4) is 17.4 Å². The lowest BCUT2D eigenvalue weighted by Gasteiger charge is -2.06. The molecule has 0 fully saturated rings. The fourth-order valence-electron chi connectivity index (χ4n) is 1.09. The van der Waals surface area contributed by atoms with Crippen LogP contribution in [0.2, 0.25) is 5.02 Å². The van der Waals surface area contributed by atoms with Gasteiger partial charge in [-0.15, -0.1) is 0 Å². The van der Waals surface area contributed by atoms with Gasteiger partial charge in [0.05, 0.1) is 0 Å². The number of ether oxygens (including phenoxy) is 1. The Bertz CT molecular complexity index is 459. The number of nitrogens with zero attached hydrogens (tertiary/aromatic N) is 1. The summed E-state index contributed by atoms with van der Waals surface area (Å²) in [6.45, 7) is 0. The van der Waals surface area contributed by atoms with Crippen LogP contribution >= 0.6 is 11.6 Å². The average molecular weight is 222 g/mol. The van der Waals surface area contributed by atoms with E-state index in [0.717, 1.165) is 0 Å². The van der Waals surface area contributed by atoms with Gasteiger partial charge in [0.2, 0.25) is 5.88 Å². The van der Waals surface area contributed by atoms with E-state index in [9.17, 15) is 5.11 Å². The Hall–Kier alpha value is -1.74. The highest BCUT2D eigenvalue weighted by Crippen LogP contribution is 2.31. The van der Waals surface area contributed by atoms with E-state index in [1.807, 2.05) is 0 Å². The summed E-state index contributed by atoms with van der Waals surface area (Å²) in [5.74, 6) is 0.737. The first-order valence-electron chi connectivity index (χ1n) is 4.33. The van der Waals surface area contributed by atoms with Crippen LogP contribution in [0.3, 0.4) is 0 Å². The van der Waals surface area contributed by atoms with Gasteiger partial charge >= 0.3 is 0 Å². The molecule has 0 amide bonds. The van der Waals surface area contributed by atoms with Gasteiger partial charge in [0.15, 0.2) is 11.5 Å². The lowest BCUT2D eigenvalue weighted by atomic mass is 10.3. The third-order valence-corrected chi connectivity index (χ3v) is 2.01. The number of pyridine rings is 1. The van der Waals surface area contributed by atoms with Crippen molar-refractivity contribution < 1.29 is 9.84 Å². The minimum absolute atomic E-state index is 0.0325. The third-order valence-electron chi connectivity index (χ3n) is 1.77. The summed E-state index contributed by atoms with van der Waals surface area (Å²) < 4.78 is 5.34. The Morgan fingerprint density at radius 1 is 1.20 bits per heavy atom. The van der Waals surface area contributed by atoms with E-state index >= 15 is 0 Å². The second-order valence-electron chi connectivity index (χ2n) is 2.88. The molecule has 0 aliphatic rings. The maximum Gasteiger partial charge on any atom is 0.219 e. The molecule has 0 spiro atoms. The molecule has 15 heavy (non-hydrogen) atoms. The van der Waals surface area contributed by atoms with Crippen LogP contribution in [-0.2, 0) is 0 Å². The average Bonchev–Trinajstić information content (AvgIpc) is 2.25. The van der Waals surface area contributed by atoms with E-state index in [1.165, 1.54) is 12.1 Å². The number of halogens is 1. The van der Waals surface area contributed by atoms with E-state index in [2.05, 4.69) is 4.98 Å². The van der Waals surface area contributed by atoms with Crippen molar-refractivity contribution in [1.82, 2.24) is 4.98 Å². The number of rotatable bonds is 2. The number of phenols is 1. The van der Waals surface area contributed by atoms with Crippen molar-refractivity contribution >= 4 is 11.6 Å². The molecule has 4 heteroatoms. The van der Waals surface area contributed by atoms with Crippen LogP contribution in [0.15, 0.2) is 42.6 Å². The summed E-state index contributed by atoms with van der Waals surface area (Å²) in [5, 5.41) is 9.98. The zero-order chi connectivity index (χ0) is 10.7. The Kier molecular flexibility index (Phi) is 2.74. The maximum atomic E-state index is 9.48. The zero-order valence-electron chi connectivity index (χ0n) is 7.72. The highest BCUT2D eigenvalue weighted by atomic mass is 35.5. The van der Waals surface area contributed by atoms with Crippen LogP contribution in [0.1, 0.15) is 0 Å². The topological polar surface area (TPSA) is 42.4 Å². The van der Waals surface area contributed by atoms with Crippen molar-refractivity contribution in [2.75, 3.05) is 0 Å². The van der Waals surface area contributed by atoms with Crippen molar-refractivity contribution in [3.05, 3.63) is 47.6 Å². The molecule has 0 aliphatic carbocycles. The normalized spacial score (nSPS) is 9.93. The zero-order valence-corrected chi connectivity index (χ0v) is 8.48. The summed E-state index contributed by atoms with van der Waals surface area (Å²) in [7, 11) is 0. The monoisotopic (exact) mass is 221 g/mol. The van der Waals surface area contributed by atoms with Crippen LogP contribution in [-0.4, -0.2) is 10.1 Å². The molecule has 1 N–H and O–H groups in total. The number of aromatic nitrogens is 1. The molecular weight excluding hydrogens is 214 g/mol. The second-order valence-corrected chi connectivity index (χ2v) is 3.32. The Balaban J connectivity index is 2.28. The summed E-state index contributed by atoms with van der Waals surface area (Å²) in [6.07, 6.45) is 1.61. The molecule has 1 aromatic heterocycles. The van der Waals surface area contributed by atoms with E-state index in [0.29, 0.717) is 16.7 Å². The Labute approximate surface area is 91.9 Å². The van der Waals surface area contributed by atoms with Gasteiger partial charge in [-0.25, -0.2) is 4.98 Å². The molecule has 2 rings (SSSR count). The predicted molar refractivity (Wildman–Crippen MR) is 57.4 cm³/mol. The lowest BCUT2D eigenvalue weighted by molar-refractivity contribution is 0.403. The number of hydrogen-bond acceptors (Lipinski definition) is 3. The Morgan fingerprint density at radius 2 is 2.07 bits per heavy atom. The van der Waals surface area contributed by atoms with E-state index in [-0.39, 0.29) is 5.75 Å². The largest absolute Gasteiger partial charge is 0.504 e. The Morgan fingerprint density at radius 3 is 2.80 bits per heavy atom. The predicted octanol–water partition coefficient (Wildman–Crippen LogP) is 3.23. The molecule has 0 unspecified atom stereocenters. The highest BCUT2D eigenvalue weighted by molar-refractivity contribution is 6.30. The second kappa shape index (κ2) is 4.19. The van der Waals surface area contributed by atoms with Crippen molar-refractivity contribution in [2.24, 2.45) is 0 Å². The minimum atomic E-state index is 0.0325. The van der Waals surface area contributed by atoms with E-state index in [4.69, 9.17) is 16.3 Å². The molecule has 0 radical (unpaired) electrons. The van der Waals surface area contributed by atoms with Gasteiger partial charge in [-0.2, -0.15) is 0 Å². The summed E-state index contributed by atoms with van der Waals surface area (Å²) >= 11 is 5.77. The van der Waals surface area contributed by atoms with Gasteiger partial charge in [0.1, 0.15) is 0 Å². The molecule has 76 valence electrons. The van der Waals surface area contributed by atoms with E-state index in [1.54, 1.807) is 30.5 Å². The fraction of sp³-hybridized carbons (Fsp3) is 0. The molecule has 0 saturated heterocycles. The molecule has 2 aromatic rings. The fourth-order valence-corrected chi connectivity index (χ4v) is 1.25. The van der Waals surface area contributed by atoms with Gasteiger partial charge in [0.25, 0.3) is 0 Å². The molecule has 0 saturated carbocycles. The smallest absolute Gasteiger partial charge is 0.219 e. The number of phenolic OH excluding ortho intramolecular Hbond substituents is 1. The molecule has 0 bridgehead atoms. The third kappa shape index (κ3) is 2.39. The van der Waals surface area contributed by atoms with Gasteiger partial charge in [0, 0.05) is 23.4 Å². The molecule has 3 nitrogen and oxygen atoms in total. The lowest BCUT2D eigenvalue weighted by Crippen LogP contribution is -1.87. The molecule has 0 aliphatic heterocycles. The van der Waals surface area contributed by atoms with Gasteiger partial charge in [-0.3, -0.25) is 0 Å². The first-order valence-corrected chi connectivity index (χ1v) is 4.71. The van der Waals surface area contributed by atoms with Crippen LogP contribution in [0.5, 0.6) is 17.4 Å². The SMILES string of the molecule is Oc1ccc(Cl)cc1Oc1ccccn1. The maximum absolute atomic E-state index is 9.48. The van der Waals surface area contributed by atoms with Gasteiger partial charge in [-0.1, -0.05) is 17.7 Å². The van der Waals surface area contributed by atoms with Gasteiger partial charge < -0.3 is 9.84 Å². The van der Waals surface area contributed by atoms with Crippen molar-refractivity contribution in [1.29, 1.82) is 0 Å². The van der Waals surface area contributed by atoms with Gasteiger partial charge in [-0.05, 0) is 18.2 Å². The number of benzene rings is 1. The number of hydrogen-bond donors (Lipinski definition) is 1. The highest BCUT2D eigenvalue weighted by Gasteiger charge is 2.04. The van der Waals surface area contributed by atoms with Crippen molar-refractivity contribution in [3.63, 3.8) is 0 Å². The molecule has 1 aromatic carbocycles. The first-order chi connectivity index (χ1) is 7.25. The van der Waals surface area contributed by atoms with Crippen molar-refractivity contribution in [2.45, 2.75) is 0 Å². The van der Waals surface area contributed by atoms with Crippen LogP contribution in [0.25, 0.3) is 0 Å².